The maximum absolute atomic E-state index is 2.61. The predicted octanol–water partition coefficient (Wildman–Crippen LogP) is 6.70. The van der Waals surface area contributed by atoms with E-state index in [1.165, 1.54) is 45.2 Å². The molecular weight excluding hydrogens is 427 g/mol. The Hall–Kier alpha value is -2.69. The number of hydrogen-bond donors (Lipinski definition) is 0. The number of rotatable bonds is 4. The van der Waals surface area contributed by atoms with Crippen molar-refractivity contribution in [1.29, 1.82) is 0 Å². The van der Waals surface area contributed by atoms with E-state index < -0.39 is 7.26 Å². The fourth-order valence-electron chi connectivity index (χ4n) is 6.16. The standard InChI is InChI=1S/C33H37P/c1-25-14-12-13-19-31(25)34(26-15-8-6-9-16-26,27-17-10-7-11-18-27)28-20-21-29-30(24-28)33(4,5)23-22-32(29,2)3/h6-21,24,34H,22-23H2,1-5H3. The van der Waals surface area contributed by atoms with E-state index in [-0.39, 0.29) is 10.8 Å². The molecular formula is C33H37P. The summed E-state index contributed by atoms with van der Waals surface area (Å²) in [6, 6.07) is 39.2. The maximum atomic E-state index is 2.61. The van der Waals surface area contributed by atoms with Gasteiger partial charge in [-0.05, 0) is 0 Å². The molecule has 0 fully saturated rings. The molecule has 1 aliphatic rings. The second-order valence-electron chi connectivity index (χ2n) is 11.3. The van der Waals surface area contributed by atoms with Crippen LogP contribution in [0.2, 0.25) is 0 Å². The van der Waals surface area contributed by atoms with Gasteiger partial charge in [0.15, 0.2) is 0 Å². The van der Waals surface area contributed by atoms with Gasteiger partial charge in [-0.25, -0.2) is 0 Å². The van der Waals surface area contributed by atoms with Gasteiger partial charge >= 0.3 is 207 Å². The van der Waals surface area contributed by atoms with Gasteiger partial charge < -0.3 is 0 Å². The van der Waals surface area contributed by atoms with Gasteiger partial charge in [-0.2, -0.15) is 0 Å². The Morgan fingerprint density at radius 1 is 0.529 bits per heavy atom. The Balaban J connectivity index is 1.92. The predicted molar refractivity (Wildman–Crippen MR) is 153 cm³/mol. The van der Waals surface area contributed by atoms with E-state index >= 15 is 0 Å². The average Bonchev–Trinajstić information content (AvgIpc) is 2.85. The molecule has 0 amide bonds. The van der Waals surface area contributed by atoms with Crippen molar-refractivity contribution in [2.75, 3.05) is 0 Å². The summed E-state index contributed by atoms with van der Waals surface area (Å²) in [5.74, 6) is 0. The average molecular weight is 465 g/mol. The number of hydrogen-bond acceptors (Lipinski definition) is 0. The van der Waals surface area contributed by atoms with Crippen LogP contribution in [0.15, 0.2) is 103 Å². The molecule has 4 aromatic carbocycles. The molecule has 0 radical (unpaired) electrons. The summed E-state index contributed by atoms with van der Waals surface area (Å²) in [4.78, 5) is 0. The molecule has 0 atom stereocenters. The molecule has 0 bridgehead atoms. The fourth-order valence-corrected chi connectivity index (χ4v) is 11.2. The second kappa shape index (κ2) is 8.51. The van der Waals surface area contributed by atoms with Crippen LogP contribution in [-0.2, 0) is 10.8 Å². The van der Waals surface area contributed by atoms with Gasteiger partial charge in [-0.3, -0.25) is 0 Å². The third kappa shape index (κ3) is 3.64. The van der Waals surface area contributed by atoms with Gasteiger partial charge in [0, 0.05) is 0 Å². The van der Waals surface area contributed by atoms with Crippen LogP contribution in [0.5, 0.6) is 0 Å². The van der Waals surface area contributed by atoms with Gasteiger partial charge in [0.05, 0.1) is 0 Å². The molecule has 0 N–H and O–H groups in total. The molecule has 0 spiro atoms. The van der Waals surface area contributed by atoms with Crippen LogP contribution in [0.4, 0.5) is 0 Å². The van der Waals surface area contributed by atoms with E-state index in [4.69, 9.17) is 0 Å². The Morgan fingerprint density at radius 3 is 1.59 bits per heavy atom. The summed E-state index contributed by atoms with van der Waals surface area (Å²) < 4.78 is 0. The van der Waals surface area contributed by atoms with Gasteiger partial charge in [0.2, 0.25) is 0 Å². The van der Waals surface area contributed by atoms with E-state index in [0.717, 1.165) is 0 Å². The monoisotopic (exact) mass is 464 g/mol. The first kappa shape index (κ1) is 23.1. The summed E-state index contributed by atoms with van der Waals surface area (Å²) in [5.41, 5.74) is 4.84. The minimum absolute atomic E-state index is 0.181. The Bertz CT molecular complexity index is 1260. The summed E-state index contributed by atoms with van der Waals surface area (Å²) in [6.07, 6.45) is 2.47. The first-order valence-electron chi connectivity index (χ1n) is 12.6. The van der Waals surface area contributed by atoms with E-state index in [9.17, 15) is 0 Å². The molecule has 5 rings (SSSR count). The molecule has 0 heterocycles. The van der Waals surface area contributed by atoms with Crippen LogP contribution < -0.4 is 21.2 Å². The number of fused-ring (bicyclic) bond motifs is 1. The van der Waals surface area contributed by atoms with Crippen molar-refractivity contribution < 1.29 is 0 Å². The summed E-state index contributed by atoms with van der Waals surface area (Å²) in [7, 11) is -2.51. The quantitative estimate of drug-likeness (QED) is 0.295. The Kier molecular flexibility index (Phi) is 5.78. The van der Waals surface area contributed by atoms with Crippen LogP contribution in [0.1, 0.15) is 57.2 Å². The molecule has 1 aliphatic carbocycles. The zero-order chi connectivity index (χ0) is 24.0. The van der Waals surface area contributed by atoms with Gasteiger partial charge in [-0.1, -0.05) is 0 Å². The summed E-state index contributed by atoms with van der Waals surface area (Å²) in [6.45, 7) is 12.0. The topological polar surface area (TPSA) is 0 Å². The molecule has 0 saturated heterocycles. The molecule has 0 saturated carbocycles. The van der Waals surface area contributed by atoms with Gasteiger partial charge in [0.1, 0.15) is 0 Å². The van der Waals surface area contributed by atoms with E-state index in [0.29, 0.717) is 0 Å². The third-order valence-electron chi connectivity index (χ3n) is 8.25. The molecule has 0 unspecified atom stereocenters. The van der Waals surface area contributed by atoms with Crippen molar-refractivity contribution in [2.24, 2.45) is 0 Å². The molecule has 34 heavy (non-hydrogen) atoms. The third-order valence-corrected chi connectivity index (χ3v) is 13.2. The molecule has 0 nitrogen and oxygen atoms in total. The van der Waals surface area contributed by atoms with E-state index in [1.54, 1.807) is 5.56 Å². The summed E-state index contributed by atoms with van der Waals surface area (Å²) in [5, 5.41) is 5.87. The zero-order valence-electron chi connectivity index (χ0n) is 21.2. The first-order chi connectivity index (χ1) is 16.3. The van der Waals surface area contributed by atoms with Crippen LogP contribution >= 0.6 is 7.26 Å². The molecule has 0 aromatic heterocycles. The molecule has 4 aromatic rings. The fraction of sp³-hybridized carbons (Fsp3) is 0.273. The zero-order valence-corrected chi connectivity index (χ0v) is 22.2. The summed E-state index contributed by atoms with van der Waals surface area (Å²) >= 11 is 0. The van der Waals surface area contributed by atoms with Crippen LogP contribution in [0.3, 0.4) is 0 Å². The minimum atomic E-state index is -2.51. The van der Waals surface area contributed by atoms with Gasteiger partial charge in [0.25, 0.3) is 0 Å². The Labute approximate surface area is 206 Å². The van der Waals surface area contributed by atoms with Crippen LogP contribution in [-0.4, -0.2) is 0 Å². The normalized spacial score (nSPS) is 17.1. The van der Waals surface area contributed by atoms with Crippen molar-refractivity contribution >= 4 is 28.5 Å². The van der Waals surface area contributed by atoms with Crippen LogP contribution in [0.25, 0.3) is 0 Å². The molecule has 174 valence electrons. The number of benzene rings is 4. The van der Waals surface area contributed by atoms with Crippen molar-refractivity contribution in [2.45, 2.75) is 58.3 Å². The first-order valence-corrected chi connectivity index (χ1v) is 14.6. The van der Waals surface area contributed by atoms with Crippen molar-refractivity contribution in [1.82, 2.24) is 0 Å². The number of aryl methyl sites for hydroxylation is 1. The SMILES string of the molecule is Cc1ccccc1[PH](c1ccccc1)(c1ccccc1)c1ccc2c(c1)C(C)(C)CCC2(C)C. The van der Waals surface area contributed by atoms with E-state index in [2.05, 4.69) is 138 Å². The Morgan fingerprint density at radius 2 is 1.03 bits per heavy atom. The van der Waals surface area contributed by atoms with Crippen molar-refractivity contribution in [3.8, 4) is 0 Å². The van der Waals surface area contributed by atoms with Crippen molar-refractivity contribution in [3.63, 3.8) is 0 Å². The van der Waals surface area contributed by atoms with E-state index in [1.807, 2.05) is 0 Å². The molecule has 0 aliphatic heterocycles. The van der Waals surface area contributed by atoms with Gasteiger partial charge in [-0.15, -0.1) is 0 Å². The molecule has 1 heteroatoms. The second-order valence-corrected chi connectivity index (χ2v) is 15.1. The van der Waals surface area contributed by atoms with Crippen molar-refractivity contribution in [3.05, 3.63) is 120 Å². The van der Waals surface area contributed by atoms with Crippen LogP contribution in [0, 0.1) is 6.92 Å².